The van der Waals surface area contributed by atoms with Crippen LogP contribution < -0.4 is 20.7 Å². The lowest BCUT2D eigenvalue weighted by Gasteiger charge is -2.26. The quantitative estimate of drug-likeness (QED) is 0.223. The first kappa shape index (κ1) is 28.6. The number of amides is 2. The number of unbranched alkanes of at least 4 members (excludes halogenated alkanes) is 3. The van der Waals surface area contributed by atoms with Gasteiger partial charge in [0.1, 0.15) is 0 Å². The molecule has 0 saturated carbocycles. The molecule has 0 aliphatic heterocycles. The number of carbonyl (C=O) groups is 1. The van der Waals surface area contributed by atoms with Gasteiger partial charge in [-0.15, -0.1) is 11.3 Å². The molecule has 11 heteroatoms. The average Bonchev–Trinajstić information content (AvgIpc) is 3.43. The number of aromatic nitrogens is 1. The van der Waals surface area contributed by atoms with Gasteiger partial charge in [0.2, 0.25) is 0 Å². The summed E-state index contributed by atoms with van der Waals surface area (Å²) >= 11 is 1.29. The number of aliphatic hydroxyl groups is 1. The number of hydrogen-bond acceptors (Lipinski definition) is 7. The lowest BCUT2D eigenvalue weighted by Crippen LogP contribution is -2.36. The van der Waals surface area contributed by atoms with Gasteiger partial charge in [0.15, 0.2) is 0 Å². The van der Waals surface area contributed by atoms with Gasteiger partial charge >= 0.3 is 6.03 Å². The van der Waals surface area contributed by atoms with Gasteiger partial charge in [-0.25, -0.2) is 13.2 Å². The third-order valence-corrected chi connectivity index (χ3v) is 8.58. The number of urea groups is 1. The number of nitrogens with two attached hydrogens (primary N) is 1. The topological polar surface area (TPSA) is 138 Å². The molecule has 5 N–H and O–H groups in total. The van der Waals surface area contributed by atoms with E-state index in [4.69, 9.17) is 5.73 Å². The Labute approximate surface area is 222 Å². The largest absolute Gasteiger partial charge is 0.387 e. The van der Waals surface area contributed by atoms with E-state index >= 15 is 0 Å². The zero-order valence-corrected chi connectivity index (χ0v) is 22.6. The Morgan fingerprint density at radius 2 is 1.95 bits per heavy atom. The molecule has 1 aromatic heterocycles. The number of nitrogens with zero attached hydrogens (tertiary/aromatic N) is 2. The predicted octanol–water partition coefficient (Wildman–Crippen LogP) is 4.28. The molecule has 0 bridgehead atoms. The zero-order valence-electron chi connectivity index (χ0n) is 21.0. The van der Waals surface area contributed by atoms with Crippen LogP contribution in [0.1, 0.15) is 49.2 Å². The summed E-state index contributed by atoms with van der Waals surface area (Å²) in [6.07, 6.45) is 4.80. The van der Waals surface area contributed by atoms with Crippen LogP contribution in [0.4, 0.5) is 16.2 Å². The van der Waals surface area contributed by atoms with Crippen LogP contribution in [0.15, 0.2) is 65.1 Å². The lowest BCUT2D eigenvalue weighted by molar-refractivity contribution is 0.181. The van der Waals surface area contributed by atoms with E-state index in [1.807, 2.05) is 6.07 Å². The van der Waals surface area contributed by atoms with Crippen LogP contribution in [0.25, 0.3) is 0 Å². The molecule has 3 aromatic rings. The molecule has 2 aromatic carbocycles. The van der Waals surface area contributed by atoms with Crippen molar-refractivity contribution in [1.82, 2.24) is 10.3 Å². The van der Waals surface area contributed by atoms with Crippen LogP contribution in [-0.4, -0.2) is 44.2 Å². The molecule has 0 radical (unpaired) electrons. The van der Waals surface area contributed by atoms with Crippen molar-refractivity contribution in [3.8, 4) is 0 Å². The first-order chi connectivity index (χ1) is 17.9. The van der Waals surface area contributed by atoms with Gasteiger partial charge < -0.3 is 21.5 Å². The standard InChI is InChI=1S/C26H35N5O4S2/c1-2-3-4-8-14-29-26(33)30-21-11-12-25(20(16-21)17-23(32)24-18-28-19-36-24)37(34,35)31(15-13-27)22-9-6-5-7-10-22/h5-7,9-12,16,18-19,23,32H,2-4,8,13-15,17,27H2,1H3,(H2,29,30,33). The number of thiazole rings is 1. The molecule has 37 heavy (non-hydrogen) atoms. The Morgan fingerprint density at radius 3 is 2.62 bits per heavy atom. The molecule has 1 atom stereocenters. The Morgan fingerprint density at radius 1 is 1.16 bits per heavy atom. The number of sulfonamides is 1. The normalized spacial score (nSPS) is 12.2. The molecule has 0 saturated heterocycles. The molecule has 0 spiro atoms. The van der Waals surface area contributed by atoms with Crippen molar-refractivity contribution in [1.29, 1.82) is 0 Å². The summed E-state index contributed by atoms with van der Waals surface area (Å²) in [4.78, 5) is 17.1. The summed E-state index contributed by atoms with van der Waals surface area (Å²) in [6.45, 7) is 2.90. The molecule has 9 nitrogen and oxygen atoms in total. The molecular weight excluding hydrogens is 510 g/mol. The van der Waals surface area contributed by atoms with Gasteiger partial charge in [-0.3, -0.25) is 9.29 Å². The Hall–Kier alpha value is -2.99. The van der Waals surface area contributed by atoms with Gasteiger partial charge in [0, 0.05) is 37.9 Å². The van der Waals surface area contributed by atoms with Crippen LogP contribution in [0.2, 0.25) is 0 Å². The van der Waals surface area contributed by atoms with Crippen molar-refractivity contribution in [3.63, 3.8) is 0 Å². The number of benzene rings is 2. The Kier molecular flexibility index (Phi) is 10.9. The van der Waals surface area contributed by atoms with Gasteiger partial charge in [-0.05, 0) is 42.3 Å². The van der Waals surface area contributed by atoms with E-state index in [0.717, 1.165) is 25.7 Å². The first-order valence-corrected chi connectivity index (χ1v) is 14.7. The zero-order chi connectivity index (χ0) is 26.7. The molecule has 1 unspecified atom stereocenters. The number of nitrogens with one attached hydrogen (secondary N) is 2. The van der Waals surface area contributed by atoms with Crippen LogP contribution in [-0.2, 0) is 16.4 Å². The van der Waals surface area contributed by atoms with E-state index < -0.39 is 16.1 Å². The highest BCUT2D eigenvalue weighted by Crippen LogP contribution is 2.31. The smallest absolute Gasteiger partial charge is 0.319 e. The fourth-order valence-electron chi connectivity index (χ4n) is 3.91. The number of aliphatic hydroxyl groups excluding tert-OH is 1. The highest BCUT2D eigenvalue weighted by Gasteiger charge is 2.28. The van der Waals surface area contributed by atoms with Crippen molar-refractivity contribution in [2.75, 3.05) is 29.3 Å². The lowest BCUT2D eigenvalue weighted by atomic mass is 10.1. The molecule has 0 fully saturated rings. The number of carbonyl (C=O) groups excluding carboxylic acids is 1. The van der Waals surface area contributed by atoms with Crippen molar-refractivity contribution in [2.24, 2.45) is 5.73 Å². The van der Waals surface area contributed by atoms with Crippen LogP contribution in [0.3, 0.4) is 0 Å². The van der Waals surface area contributed by atoms with Crippen molar-refractivity contribution >= 4 is 38.8 Å². The van der Waals surface area contributed by atoms with E-state index in [1.54, 1.807) is 48.1 Å². The van der Waals surface area contributed by atoms with Gasteiger partial charge in [-0.2, -0.15) is 0 Å². The molecule has 200 valence electrons. The van der Waals surface area contributed by atoms with E-state index in [9.17, 15) is 18.3 Å². The van der Waals surface area contributed by atoms with Crippen LogP contribution >= 0.6 is 11.3 Å². The highest BCUT2D eigenvalue weighted by molar-refractivity contribution is 7.92. The third kappa shape index (κ3) is 8.00. The summed E-state index contributed by atoms with van der Waals surface area (Å²) in [6, 6.07) is 13.0. The fraction of sp³-hybridized carbons (Fsp3) is 0.385. The second kappa shape index (κ2) is 14.1. The van der Waals surface area contributed by atoms with E-state index in [2.05, 4.69) is 22.5 Å². The number of anilines is 2. The maximum absolute atomic E-state index is 13.9. The Bertz CT molecular complexity index is 1220. The van der Waals surface area contributed by atoms with E-state index in [-0.39, 0.29) is 30.4 Å². The molecule has 2 amide bonds. The Balaban J connectivity index is 1.90. The van der Waals surface area contributed by atoms with E-state index in [1.165, 1.54) is 21.7 Å². The van der Waals surface area contributed by atoms with Crippen LogP contribution in [0.5, 0.6) is 0 Å². The third-order valence-electron chi connectivity index (χ3n) is 5.77. The molecule has 1 heterocycles. The second-order valence-corrected chi connectivity index (χ2v) is 11.3. The van der Waals surface area contributed by atoms with Gasteiger partial charge in [-0.1, -0.05) is 44.4 Å². The van der Waals surface area contributed by atoms with Gasteiger partial charge in [0.05, 0.1) is 27.1 Å². The number of para-hydroxylation sites is 1. The minimum absolute atomic E-state index is 0.0240. The first-order valence-electron chi connectivity index (χ1n) is 12.4. The summed E-state index contributed by atoms with van der Waals surface area (Å²) in [7, 11) is -4.03. The number of hydrogen-bond donors (Lipinski definition) is 4. The maximum Gasteiger partial charge on any atom is 0.319 e. The van der Waals surface area contributed by atoms with E-state index in [0.29, 0.717) is 28.4 Å². The molecule has 0 aliphatic carbocycles. The van der Waals surface area contributed by atoms with Gasteiger partial charge in [0.25, 0.3) is 10.0 Å². The average molecular weight is 546 g/mol. The number of rotatable bonds is 14. The predicted molar refractivity (Wildman–Crippen MR) is 148 cm³/mol. The molecule has 0 aliphatic rings. The van der Waals surface area contributed by atoms with Crippen molar-refractivity contribution in [2.45, 2.75) is 50.0 Å². The highest BCUT2D eigenvalue weighted by atomic mass is 32.2. The van der Waals surface area contributed by atoms with Crippen molar-refractivity contribution in [3.05, 3.63) is 70.7 Å². The summed E-state index contributed by atoms with van der Waals surface area (Å²) in [5, 5.41) is 16.4. The summed E-state index contributed by atoms with van der Waals surface area (Å²) in [5.74, 6) is 0. The summed E-state index contributed by atoms with van der Waals surface area (Å²) < 4.78 is 29.0. The second-order valence-electron chi connectivity index (χ2n) is 8.59. The maximum atomic E-state index is 13.9. The minimum atomic E-state index is -4.03. The fourth-order valence-corrected chi connectivity index (χ4v) is 6.22. The SMILES string of the molecule is CCCCCCNC(=O)Nc1ccc(S(=O)(=O)N(CCN)c2ccccc2)c(CC(O)c2cncs2)c1. The van der Waals surface area contributed by atoms with Crippen molar-refractivity contribution < 1.29 is 18.3 Å². The van der Waals surface area contributed by atoms with Crippen LogP contribution in [0, 0.1) is 0 Å². The minimum Gasteiger partial charge on any atom is -0.387 e. The monoisotopic (exact) mass is 545 g/mol. The molecule has 3 rings (SSSR count). The molecular formula is C26H35N5O4S2. The summed E-state index contributed by atoms with van der Waals surface area (Å²) in [5.41, 5.74) is 8.67.